The van der Waals surface area contributed by atoms with Gasteiger partial charge in [0.1, 0.15) is 17.3 Å². The number of rotatable bonds is 7. The quantitative estimate of drug-likeness (QED) is 0.336. The lowest BCUT2D eigenvalue weighted by molar-refractivity contribution is 0.457. The Kier molecular flexibility index (Phi) is 9.12. The number of hydrogen-bond donors (Lipinski definition) is 2. The second-order valence-corrected chi connectivity index (χ2v) is 7.20. The van der Waals surface area contributed by atoms with Crippen LogP contribution in [0.15, 0.2) is 41.7 Å². The maximum absolute atomic E-state index is 14.0. The molecular weight excluding hydrogens is 489 g/mol. The van der Waals surface area contributed by atoms with Crippen LogP contribution in [0.2, 0.25) is 0 Å². The van der Waals surface area contributed by atoms with Gasteiger partial charge in [-0.05, 0) is 37.5 Å². The first kappa shape index (κ1) is 23.4. The van der Waals surface area contributed by atoms with Gasteiger partial charge in [0.25, 0.3) is 0 Å². The summed E-state index contributed by atoms with van der Waals surface area (Å²) in [5.41, 5.74) is 0.0570. The van der Waals surface area contributed by atoms with Crippen molar-refractivity contribution in [2.45, 2.75) is 32.9 Å². The Morgan fingerprint density at radius 2 is 2.07 bits per heavy atom. The van der Waals surface area contributed by atoms with Crippen molar-refractivity contribution in [2.24, 2.45) is 10.9 Å². The van der Waals surface area contributed by atoms with Crippen LogP contribution in [0.1, 0.15) is 20.3 Å². The maximum Gasteiger partial charge on any atom is 0.191 e. The van der Waals surface area contributed by atoms with E-state index >= 15 is 0 Å². The summed E-state index contributed by atoms with van der Waals surface area (Å²) in [5, 5.41) is 10.9. The Morgan fingerprint density at radius 3 is 2.72 bits per heavy atom. The smallest absolute Gasteiger partial charge is 0.191 e. The Bertz CT molecular complexity index is 763. The summed E-state index contributed by atoms with van der Waals surface area (Å²) in [4.78, 5) is 6.43. The van der Waals surface area contributed by atoms with Gasteiger partial charge in [0.15, 0.2) is 5.96 Å². The molecule has 0 bridgehead atoms. The third-order valence-electron chi connectivity index (χ3n) is 4.75. The average molecular weight is 518 g/mol. The van der Waals surface area contributed by atoms with Crippen LogP contribution in [-0.2, 0) is 6.54 Å². The van der Waals surface area contributed by atoms with Gasteiger partial charge in [-0.1, -0.05) is 13.0 Å². The molecule has 0 radical (unpaired) electrons. The van der Waals surface area contributed by atoms with E-state index in [1.54, 1.807) is 11.1 Å². The van der Waals surface area contributed by atoms with E-state index in [0.717, 1.165) is 25.5 Å². The number of guanidine groups is 1. The molecule has 2 heterocycles. The predicted octanol–water partition coefficient (Wildman–Crippen LogP) is 3.25. The fourth-order valence-electron chi connectivity index (χ4n) is 3.42. The molecule has 9 heteroatoms. The fourth-order valence-corrected chi connectivity index (χ4v) is 3.42. The third-order valence-corrected chi connectivity index (χ3v) is 4.75. The lowest BCUT2D eigenvalue weighted by Gasteiger charge is -2.21. The first-order valence-corrected chi connectivity index (χ1v) is 9.78. The molecule has 29 heavy (non-hydrogen) atoms. The second-order valence-electron chi connectivity index (χ2n) is 7.20. The van der Waals surface area contributed by atoms with E-state index in [2.05, 4.69) is 27.6 Å². The van der Waals surface area contributed by atoms with Crippen LogP contribution in [0.5, 0.6) is 0 Å². The van der Waals surface area contributed by atoms with Gasteiger partial charge in [0, 0.05) is 51.2 Å². The molecule has 0 aliphatic carbocycles. The summed E-state index contributed by atoms with van der Waals surface area (Å²) >= 11 is 0. The number of para-hydroxylation sites is 1. The second kappa shape index (κ2) is 11.3. The van der Waals surface area contributed by atoms with Gasteiger partial charge in [-0.15, -0.1) is 24.0 Å². The van der Waals surface area contributed by atoms with Crippen LogP contribution in [0.25, 0.3) is 0 Å². The van der Waals surface area contributed by atoms with Crippen LogP contribution < -0.4 is 15.5 Å². The maximum atomic E-state index is 14.0. The van der Waals surface area contributed by atoms with Crippen molar-refractivity contribution in [3.05, 3.63) is 48.3 Å². The van der Waals surface area contributed by atoms with E-state index in [1.807, 2.05) is 23.9 Å². The molecule has 1 aromatic heterocycles. The highest BCUT2D eigenvalue weighted by Crippen LogP contribution is 2.26. The normalized spacial score (nSPS) is 17.7. The van der Waals surface area contributed by atoms with Gasteiger partial charge in [-0.3, -0.25) is 9.67 Å². The van der Waals surface area contributed by atoms with Crippen molar-refractivity contribution < 1.29 is 8.78 Å². The Balaban J connectivity index is 0.00000300. The largest absolute Gasteiger partial charge is 0.365 e. The Labute approximate surface area is 187 Å². The number of aliphatic imine (C=N–C) groups is 1. The Hall–Kier alpha value is -1.91. The number of anilines is 1. The minimum absolute atomic E-state index is 0. The summed E-state index contributed by atoms with van der Waals surface area (Å²) in [6.45, 7) is 7.49. The predicted molar refractivity (Wildman–Crippen MR) is 123 cm³/mol. The highest BCUT2D eigenvalue weighted by Gasteiger charge is 2.27. The fraction of sp³-hybridized carbons (Fsp3) is 0.500. The average Bonchev–Trinajstić information content (AvgIpc) is 3.32. The highest BCUT2D eigenvalue weighted by atomic mass is 127. The topological polar surface area (TPSA) is 57.5 Å². The van der Waals surface area contributed by atoms with Gasteiger partial charge in [-0.2, -0.15) is 5.10 Å². The third kappa shape index (κ3) is 6.55. The minimum Gasteiger partial charge on any atom is -0.365 e. The van der Waals surface area contributed by atoms with Gasteiger partial charge in [-0.25, -0.2) is 8.78 Å². The number of halogens is 3. The molecule has 0 amide bonds. The number of nitrogens with zero attached hydrogens (tertiary/aromatic N) is 4. The van der Waals surface area contributed by atoms with Crippen molar-refractivity contribution in [3.8, 4) is 0 Å². The van der Waals surface area contributed by atoms with Gasteiger partial charge >= 0.3 is 0 Å². The van der Waals surface area contributed by atoms with Crippen molar-refractivity contribution in [1.82, 2.24) is 20.4 Å². The SMILES string of the molecule is CCNC(=NCC(C)Cn1cccn1)NC1CCN(c2c(F)cccc2F)C1.I. The van der Waals surface area contributed by atoms with E-state index in [0.29, 0.717) is 25.6 Å². The molecule has 2 atom stereocenters. The summed E-state index contributed by atoms with van der Waals surface area (Å²) in [5.74, 6) is 0.0287. The van der Waals surface area contributed by atoms with Crippen LogP contribution in [0.3, 0.4) is 0 Å². The molecule has 1 fully saturated rings. The molecule has 2 N–H and O–H groups in total. The lowest BCUT2D eigenvalue weighted by atomic mass is 10.2. The number of nitrogens with one attached hydrogen (secondary N) is 2. The van der Waals surface area contributed by atoms with Gasteiger partial charge in [0.05, 0.1) is 0 Å². The van der Waals surface area contributed by atoms with Crippen LogP contribution in [0, 0.1) is 17.6 Å². The summed E-state index contributed by atoms with van der Waals surface area (Å²) in [7, 11) is 0. The first-order valence-electron chi connectivity index (χ1n) is 9.78. The van der Waals surface area contributed by atoms with Crippen LogP contribution >= 0.6 is 24.0 Å². The standard InChI is InChI=1S/C20H28F2N6.HI/c1-3-23-20(24-12-15(2)13-28-10-5-9-25-28)26-16-8-11-27(14-16)19-17(21)6-4-7-18(19)22;/h4-7,9-10,15-16H,3,8,11-14H2,1-2H3,(H2,23,24,26);1H. The molecule has 1 aliphatic heterocycles. The highest BCUT2D eigenvalue weighted by molar-refractivity contribution is 14.0. The van der Waals surface area contributed by atoms with Crippen molar-refractivity contribution in [3.63, 3.8) is 0 Å². The van der Waals surface area contributed by atoms with Crippen LogP contribution in [-0.4, -0.2) is 48.0 Å². The molecule has 160 valence electrons. The molecule has 1 aromatic carbocycles. The zero-order chi connectivity index (χ0) is 19.9. The van der Waals surface area contributed by atoms with E-state index in [1.165, 1.54) is 18.2 Å². The summed E-state index contributed by atoms with van der Waals surface area (Å²) in [6.07, 6.45) is 4.51. The van der Waals surface area contributed by atoms with Gasteiger partial charge < -0.3 is 15.5 Å². The monoisotopic (exact) mass is 518 g/mol. The molecule has 0 spiro atoms. The van der Waals surface area contributed by atoms with E-state index in [4.69, 9.17) is 0 Å². The van der Waals surface area contributed by atoms with Crippen molar-refractivity contribution in [1.29, 1.82) is 0 Å². The number of hydrogen-bond acceptors (Lipinski definition) is 3. The zero-order valence-corrected chi connectivity index (χ0v) is 19.1. The van der Waals surface area contributed by atoms with E-state index in [-0.39, 0.29) is 35.7 Å². The minimum atomic E-state index is -0.520. The summed E-state index contributed by atoms with van der Waals surface area (Å²) < 4.78 is 30.0. The molecule has 2 unspecified atom stereocenters. The molecule has 6 nitrogen and oxygen atoms in total. The molecule has 3 rings (SSSR count). The van der Waals surface area contributed by atoms with Crippen molar-refractivity contribution >= 4 is 35.6 Å². The molecule has 0 saturated carbocycles. The molecule has 1 saturated heterocycles. The van der Waals surface area contributed by atoms with E-state index < -0.39 is 11.6 Å². The zero-order valence-electron chi connectivity index (χ0n) is 16.8. The number of benzene rings is 1. The van der Waals surface area contributed by atoms with Gasteiger partial charge in [0.2, 0.25) is 0 Å². The lowest BCUT2D eigenvalue weighted by Crippen LogP contribution is -2.45. The summed E-state index contributed by atoms with van der Waals surface area (Å²) in [6, 6.07) is 5.97. The number of aromatic nitrogens is 2. The van der Waals surface area contributed by atoms with Crippen LogP contribution in [0.4, 0.5) is 14.5 Å². The molecule has 1 aliphatic rings. The van der Waals surface area contributed by atoms with Crippen molar-refractivity contribution in [2.75, 3.05) is 31.1 Å². The van der Waals surface area contributed by atoms with E-state index in [9.17, 15) is 8.78 Å². The molecule has 2 aromatic rings. The first-order chi connectivity index (χ1) is 13.6. The molecular formula is C20H29F2IN6. The Morgan fingerprint density at radius 1 is 1.31 bits per heavy atom.